The number of halogens is 1. The minimum absolute atomic E-state index is 0.105. The van der Waals surface area contributed by atoms with E-state index in [1.165, 1.54) is 12.1 Å². The zero-order valence-corrected chi connectivity index (χ0v) is 13.5. The van der Waals surface area contributed by atoms with Gasteiger partial charge in [-0.05, 0) is 50.6 Å². The predicted octanol–water partition coefficient (Wildman–Crippen LogP) is 2.43. The van der Waals surface area contributed by atoms with Crippen LogP contribution in [0.4, 0.5) is 10.3 Å². The Hall–Kier alpha value is -2.02. The molecule has 0 radical (unpaired) electrons. The van der Waals surface area contributed by atoms with Gasteiger partial charge in [0, 0.05) is 17.9 Å². The average molecular weight is 323 g/mol. The highest BCUT2D eigenvalue weighted by molar-refractivity contribution is 7.91. The van der Waals surface area contributed by atoms with Crippen LogP contribution in [-0.4, -0.2) is 30.7 Å². The number of hydrogen-bond donors (Lipinski definition) is 1. The van der Waals surface area contributed by atoms with E-state index in [1.54, 1.807) is 0 Å². The van der Waals surface area contributed by atoms with Gasteiger partial charge in [0.25, 0.3) is 0 Å². The first-order valence-corrected chi connectivity index (χ1v) is 8.49. The van der Waals surface area contributed by atoms with Gasteiger partial charge in [-0.1, -0.05) is 0 Å². The van der Waals surface area contributed by atoms with E-state index < -0.39 is 15.7 Å². The van der Waals surface area contributed by atoms with Crippen molar-refractivity contribution in [2.45, 2.75) is 25.7 Å². The Morgan fingerprint density at radius 3 is 2.14 bits per heavy atom. The van der Waals surface area contributed by atoms with Gasteiger partial charge in [-0.15, -0.1) is 0 Å². The number of rotatable bonds is 5. The summed E-state index contributed by atoms with van der Waals surface area (Å²) < 4.78 is 37.1. The lowest BCUT2D eigenvalue weighted by Crippen LogP contribution is -2.17. The fourth-order valence-electron chi connectivity index (χ4n) is 1.91. The van der Waals surface area contributed by atoms with Crippen molar-refractivity contribution >= 4 is 15.8 Å². The van der Waals surface area contributed by atoms with Crippen LogP contribution in [0.15, 0.2) is 29.2 Å². The predicted molar refractivity (Wildman–Crippen MR) is 83.2 cm³/mol. The minimum Gasteiger partial charge on any atom is -0.353 e. The summed E-state index contributed by atoms with van der Waals surface area (Å²) in [6.07, 6.45) is 0. The molecule has 1 aromatic heterocycles. The molecule has 0 fully saturated rings. The van der Waals surface area contributed by atoms with Gasteiger partial charge in [0.15, 0.2) is 9.84 Å². The molecule has 0 saturated heterocycles. The van der Waals surface area contributed by atoms with Gasteiger partial charge in [0.1, 0.15) is 5.82 Å². The lowest BCUT2D eigenvalue weighted by atomic mass is 10.2. The van der Waals surface area contributed by atoms with Crippen LogP contribution in [0.2, 0.25) is 0 Å². The van der Waals surface area contributed by atoms with Gasteiger partial charge >= 0.3 is 0 Å². The van der Waals surface area contributed by atoms with Gasteiger partial charge in [0.2, 0.25) is 5.95 Å². The maximum absolute atomic E-state index is 12.8. The molecule has 118 valence electrons. The van der Waals surface area contributed by atoms with Crippen molar-refractivity contribution in [3.05, 3.63) is 47.0 Å². The lowest BCUT2D eigenvalue weighted by Gasteiger charge is -2.09. The number of nitrogens with one attached hydrogen (secondary N) is 1. The van der Waals surface area contributed by atoms with Gasteiger partial charge < -0.3 is 5.32 Å². The molecule has 0 aliphatic rings. The Labute approximate surface area is 129 Å². The highest BCUT2D eigenvalue weighted by atomic mass is 32.2. The molecular weight excluding hydrogens is 305 g/mol. The Balaban J connectivity index is 2.03. The number of benzene rings is 1. The molecule has 5 nitrogen and oxygen atoms in total. The molecule has 0 saturated carbocycles. The SMILES string of the molecule is Cc1nc(NCCS(=O)(=O)c2ccc(F)cc2)nc(C)c1C. The Morgan fingerprint density at radius 1 is 1.05 bits per heavy atom. The molecule has 0 aliphatic carbocycles. The monoisotopic (exact) mass is 323 g/mol. The highest BCUT2D eigenvalue weighted by Crippen LogP contribution is 2.13. The second-order valence-corrected chi connectivity index (χ2v) is 7.15. The van der Waals surface area contributed by atoms with Crippen LogP contribution in [-0.2, 0) is 9.84 Å². The van der Waals surface area contributed by atoms with Gasteiger partial charge in [0.05, 0.1) is 10.6 Å². The van der Waals surface area contributed by atoms with Crippen LogP contribution in [0.25, 0.3) is 0 Å². The van der Waals surface area contributed by atoms with E-state index >= 15 is 0 Å². The van der Waals surface area contributed by atoms with Crippen molar-refractivity contribution < 1.29 is 12.8 Å². The second-order valence-electron chi connectivity index (χ2n) is 5.04. The second kappa shape index (κ2) is 6.39. The van der Waals surface area contributed by atoms with Crippen molar-refractivity contribution in [2.24, 2.45) is 0 Å². The lowest BCUT2D eigenvalue weighted by molar-refractivity contribution is 0.595. The molecule has 0 aliphatic heterocycles. The number of sulfone groups is 1. The third kappa shape index (κ3) is 3.79. The van der Waals surface area contributed by atoms with Crippen molar-refractivity contribution in [2.75, 3.05) is 17.6 Å². The van der Waals surface area contributed by atoms with E-state index in [1.807, 2.05) is 20.8 Å². The molecule has 0 unspecified atom stereocenters. The molecule has 7 heteroatoms. The summed E-state index contributed by atoms with van der Waals surface area (Å²) in [4.78, 5) is 8.65. The number of anilines is 1. The summed E-state index contributed by atoms with van der Waals surface area (Å²) in [6.45, 7) is 5.88. The summed E-state index contributed by atoms with van der Waals surface area (Å²) in [5.74, 6) is -0.167. The normalized spacial score (nSPS) is 11.5. The number of nitrogens with zero attached hydrogens (tertiary/aromatic N) is 2. The van der Waals surface area contributed by atoms with E-state index in [-0.39, 0.29) is 17.2 Å². The van der Waals surface area contributed by atoms with Crippen LogP contribution in [0.1, 0.15) is 17.0 Å². The third-order valence-corrected chi connectivity index (χ3v) is 5.19. The summed E-state index contributed by atoms with van der Waals surface area (Å²) >= 11 is 0. The number of aryl methyl sites for hydroxylation is 2. The molecule has 0 bridgehead atoms. The highest BCUT2D eigenvalue weighted by Gasteiger charge is 2.14. The standard InChI is InChI=1S/C15H18FN3O2S/c1-10-11(2)18-15(19-12(10)3)17-8-9-22(20,21)14-6-4-13(16)5-7-14/h4-7H,8-9H2,1-3H3,(H,17,18,19). The van der Waals surface area contributed by atoms with Crippen LogP contribution in [0.5, 0.6) is 0 Å². The van der Waals surface area contributed by atoms with E-state index in [0.29, 0.717) is 5.95 Å². The summed E-state index contributed by atoms with van der Waals surface area (Å²) in [7, 11) is -3.46. The van der Waals surface area contributed by atoms with Crippen molar-refractivity contribution in [1.29, 1.82) is 0 Å². The summed E-state index contributed by atoms with van der Waals surface area (Å²) in [6, 6.07) is 4.80. The molecule has 0 spiro atoms. The van der Waals surface area contributed by atoms with Crippen LogP contribution in [0.3, 0.4) is 0 Å². The molecule has 2 rings (SSSR count). The summed E-state index contributed by atoms with van der Waals surface area (Å²) in [5, 5.41) is 2.92. The maximum atomic E-state index is 12.8. The molecule has 1 heterocycles. The zero-order chi connectivity index (χ0) is 16.3. The molecule has 0 atom stereocenters. The Bertz CT molecular complexity index is 751. The largest absolute Gasteiger partial charge is 0.353 e. The quantitative estimate of drug-likeness (QED) is 0.856. The smallest absolute Gasteiger partial charge is 0.223 e. The first kappa shape index (κ1) is 16.4. The van der Waals surface area contributed by atoms with Crippen molar-refractivity contribution in [3.8, 4) is 0 Å². The fourth-order valence-corrected chi connectivity index (χ4v) is 3.07. The van der Waals surface area contributed by atoms with E-state index in [2.05, 4.69) is 15.3 Å². The van der Waals surface area contributed by atoms with Gasteiger partial charge in [-0.25, -0.2) is 22.8 Å². The van der Waals surface area contributed by atoms with Crippen LogP contribution >= 0.6 is 0 Å². The molecule has 2 aromatic rings. The Morgan fingerprint density at radius 2 is 1.59 bits per heavy atom. The molecular formula is C15H18FN3O2S. The van der Waals surface area contributed by atoms with Gasteiger partial charge in [-0.3, -0.25) is 0 Å². The van der Waals surface area contributed by atoms with Gasteiger partial charge in [-0.2, -0.15) is 0 Å². The van der Waals surface area contributed by atoms with E-state index in [0.717, 1.165) is 29.1 Å². The summed E-state index contributed by atoms with van der Waals surface area (Å²) in [5.41, 5.74) is 2.73. The van der Waals surface area contributed by atoms with Crippen molar-refractivity contribution in [3.63, 3.8) is 0 Å². The molecule has 0 amide bonds. The first-order valence-electron chi connectivity index (χ1n) is 6.83. The fraction of sp³-hybridized carbons (Fsp3) is 0.333. The molecule has 1 N–H and O–H groups in total. The molecule has 22 heavy (non-hydrogen) atoms. The zero-order valence-electron chi connectivity index (χ0n) is 12.7. The van der Waals surface area contributed by atoms with Crippen LogP contribution in [0, 0.1) is 26.6 Å². The third-order valence-electron chi connectivity index (χ3n) is 3.46. The van der Waals surface area contributed by atoms with E-state index in [4.69, 9.17) is 0 Å². The van der Waals surface area contributed by atoms with Crippen molar-refractivity contribution in [1.82, 2.24) is 9.97 Å². The Kier molecular flexibility index (Phi) is 4.75. The van der Waals surface area contributed by atoms with E-state index in [9.17, 15) is 12.8 Å². The first-order chi connectivity index (χ1) is 10.3. The molecule has 1 aromatic carbocycles. The minimum atomic E-state index is -3.46. The number of hydrogen-bond acceptors (Lipinski definition) is 5. The maximum Gasteiger partial charge on any atom is 0.223 e. The average Bonchev–Trinajstić information content (AvgIpc) is 2.45. The number of aromatic nitrogens is 2. The van der Waals surface area contributed by atoms with Crippen LogP contribution < -0.4 is 5.32 Å². The topological polar surface area (TPSA) is 72.0 Å².